The molecule has 1 aromatic rings. The zero-order chi connectivity index (χ0) is 11.9. The second kappa shape index (κ2) is 3.73. The van der Waals surface area contributed by atoms with E-state index in [-0.39, 0.29) is 16.6 Å². The van der Waals surface area contributed by atoms with Gasteiger partial charge in [0.2, 0.25) is 0 Å². The van der Waals surface area contributed by atoms with Crippen LogP contribution in [0, 0.1) is 5.92 Å². The highest BCUT2D eigenvalue weighted by Crippen LogP contribution is 2.37. The van der Waals surface area contributed by atoms with Crippen LogP contribution in [0.3, 0.4) is 0 Å². The molecule has 0 bridgehead atoms. The second-order valence-electron chi connectivity index (χ2n) is 3.67. The first kappa shape index (κ1) is 11.4. The molecule has 86 valence electrons. The number of hydrogen-bond donors (Lipinski definition) is 0. The van der Waals surface area contributed by atoms with Gasteiger partial charge in [-0.2, -0.15) is 13.2 Å². The van der Waals surface area contributed by atoms with Gasteiger partial charge in [0.1, 0.15) is 5.15 Å². The number of pyridine rings is 1. The van der Waals surface area contributed by atoms with E-state index in [2.05, 4.69) is 4.98 Å². The van der Waals surface area contributed by atoms with Crippen molar-refractivity contribution in [3.05, 3.63) is 28.5 Å². The Morgan fingerprint density at radius 2 is 2.00 bits per heavy atom. The normalized spacial score (nSPS) is 16.2. The molecule has 2 nitrogen and oxygen atoms in total. The van der Waals surface area contributed by atoms with E-state index in [4.69, 9.17) is 11.6 Å². The zero-order valence-corrected chi connectivity index (χ0v) is 8.77. The van der Waals surface area contributed by atoms with Gasteiger partial charge in [-0.1, -0.05) is 11.6 Å². The van der Waals surface area contributed by atoms with Crippen molar-refractivity contribution in [1.82, 2.24) is 4.98 Å². The molecule has 1 aromatic heterocycles. The molecule has 16 heavy (non-hydrogen) atoms. The monoisotopic (exact) mass is 249 g/mol. The van der Waals surface area contributed by atoms with E-state index in [1.165, 1.54) is 6.07 Å². The van der Waals surface area contributed by atoms with Gasteiger partial charge >= 0.3 is 6.18 Å². The maximum absolute atomic E-state index is 12.6. The SMILES string of the molecule is O=C(c1ccc(Cl)nc1C(F)(F)F)C1CC1. The van der Waals surface area contributed by atoms with E-state index in [0.717, 1.165) is 6.07 Å². The second-order valence-corrected chi connectivity index (χ2v) is 4.05. The fraction of sp³-hybridized carbons (Fsp3) is 0.400. The summed E-state index contributed by atoms with van der Waals surface area (Å²) in [5, 5.41) is -0.264. The van der Waals surface area contributed by atoms with Gasteiger partial charge < -0.3 is 0 Å². The predicted molar refractivity (Wildman–Crippen MR) is 51.3 cm³/mol. The van der Waals surface area contributed by atoms with Gasteiger partial charge in [0.25, 0.3) is 0 Å². The lowest BCUT2D eigenvalue weighted by atomic mass is 10.1. The van der Waals surface area contributed by atoms with E-state index in [9.17, 15) is 18.0 Å². The molecule has 0 aromatic carbocycles. The van der Waals surface area contributed by atoms with Crippen LogP contribution < -0.4 is 0 Å². The Balaban J connectivity index is 2.47. The first-order chi connectivity index (χ1) is 7.39. The van der Waals surface area contributed by atoms with Gasteiger partial charge in [0.15, 0.2) is 11.5 Å². The Kier molecular flexibility index (Phi) is 2.66. The molecule has 1 fully saturated rings. The fourth-order valence-corrected chi connectivity index (χ4v) is 1.56. The smallest absolute Gasteiger partial charge is 0.294 e. The topological polar surface area (TPSA) is 30.0 Å². The van der Waals surface area contributed by atoms with E-state index >= 15 is 0 Å². The average Bonchev–Trinajstić information content (AvgIpc) is 2.98. The number of aromatic nitrogens is 1. The number of halogens is 4. The molecule has 0 unspecified atom stereocenters. The highest BCUT2D eigenvalue weighted by Gasteiger charge is 2.40. The molecule has 1 aliphatic carbocycles. The van der Waals surface area contributed by atoms with E-state index < -0.39 is 17.7 Å². The highest BCUT2D eigenvalue weighted by atomic mass is 35.5. The van der Waals surface area contributed by atoms with E-state index in [1.54, 1.807) is 0 Å². The lowest BCUT2D eigenvalue weighted by Crippen LogP contribution is -2.16. The summed E-state index contributed by atoms with van der Waals surface area (Å²) in [6, 6.07) is 2.30. The highest BCUT2D eigenvalue weighted by molar-refractivity contribution is 6.29. The molecule has 2 rings (SSSR count). The number of carbonyl (C=O) groups is 1. The minimum atomic E-state index is -4.65. The lowest BCUT2D eigenvalue weighted by molar-refractivity contribution is -0.141. The molecule has 1 saturated carbocycles. The molecule has 1 heterocycles. The Bertz CT molecular complexity index is 440. The van der Waals surface area contributed by atoms with Crippen molar-refractivity contribution >= 4 is 17.4 Å². The zero-order valence-electron chi connectivity index (χ0n) is 8.01. The Morgan fingerprint density at radius 3 is 2.50 bits per heavy atom. The molecule has 0 spiro atoms. The van der Waals surface area contributed by atoms with E-state index in [1.807, 2.05) is 0 Å². The summed E-state index contributed by atoms with van der Waals surface area (Å²) in [4.78, 5) is 14.8. The van der Waals surface area contributed by atoms with Crippen LogP contribution in [0.1, 0.15) is 28.9 Å². The predicted octanol–water partition coefficient (Wildman–Crippen LogP) is 3.35. The first-order valence-corrected chi connectivity index (χ1v) is 5.05. The quantitative estimate of drug-likeness (QED) is 0.594. The van der Waals surface area contributed by atoms with E-state index in [0.29, 0.717) is 12.8 Å². The largest absolute Gasteiger partial charge is 0.434 e. The van der Waals surface area contributed by atoms with Crippen molar-refractivity contribution in [3.8, 4) is 0 Å². The summed E-state index contributed by atoms with van der Waals surface area (Å²) in [5.41, 5.74) is -1.56. The molecule has 0 N–H and O–H groups in total. The first-order valence-electron chi connectivity index (χ1n) is 4.67. The molecular weight excluding hydrogens is 243 g/mol. The van der Waals surface area contributed by atoms with Gasteiger partial charge in [0, 0.05) is 11.5 Å². The Morgan fingerprint density at radius 1 is 1.38 bits per heavy atom. The van der Waals surface area contributed by atoms with Crippen LogP contribution >= 0.6 is 11.6 Å². The molecule has 0 radical (unpaired) electrons. The standard InChI is InChI=1S/C10H7ClF3NO/c11-7-4-3-6(8(16)5-1-2-5)9(15-7)10(12,13)14/h3-5H,1-2H2. The summed E-state index contributed by atoms with van der Waals surface area (Å²) in [7, 11) is 0. The molecule has 1 aliphatic rings. The molecule has 0 amide bonds. The van der Waals surface area contributed by atoms with Crippen LogP contribution in [0.15, 0.2) is 12.1 Å². The van der Waals surface area contributed by atoms with Crippen molar-refractivity contribution < 1.29 is 18.0 Å². The summed E-state index contributed by atoms with van der Waals surface area (Å²) < 4.78 is 37.8. The maximum atomic E-state index is 12.6. The van der Waals surface area contributed by atoms with Gasteiger partial charge in [-0.25, -0.2) is 4.98 Å². The van der Waals surface area contributed by atoms with Crippen LogP contribution in [0.2, 0.25) is 5.15 Å². The lowest BCUT2D eigenvalue weighted by Gasteiger charge is -2.10. The maximum Gasteiger partial charge on any atom is 0.434 e. The number of nitrogens with zero attached hydrogens (tertiary/aromatic N) is 1. The number of ketones is 1. The Hall–Kier alpha value is -1.10. The van der Waals surface area contributed by atoms with Crippen molar-refractivity contribution in [2.24, 2.45) is 5.92 Å². The minimum absolute atomic E-state index is 0.264. The van der Waals surface area contributed by atoms with Crippen molar-refractivity contribution in [3.63, 3.8) is 0 Å². The summed E-state index contributed by atoms with van der Waals surface area (Å²) in [6.45, 7) is 0. The average molecular weight is 250 g/mol. The summed E-state index contributed by atoms with van der Waals surface area (Å²) >= 11 is 5.40. The minimum Gasteiger partial charge on any atom is -0.294 e. The number of hydrogen-bond acceptors (Lipinski definition) is 2. The van der Waals surface area contributed by atoms with Gasteiger partial charge in [-0.15, -0.1) is 0 Å². The Labute approximate surface area is 94.4 Å². The number of rotatable bonds is 2. The van der Waals surface area contributed by atoms with Gasteiger partial charge in [-0.3, -0.25) is 4.79 Å². The fourth-order valence-electron chi connectivity index (χ4n) is 1.42. The summed E-state index contributed by atoms with van der Waals surface area (Å²) in [6.07, 6.45) is -3.34. The van der Waals surface area contributed by atoms with Gasteiger partial charge in [0.05, 0.1) is 0 Å². The molecule has 0 saturated heterocycles. The van der Waals surface area contributed by atoms with Crippen LogP contribution in [0.25, 0.3) is 0 Å². The van der Waals surface area contributed by atoms with Crippen LogP contribution in [-0.4, -0.2) is 10.8 Å². The molecule has 0 atom stereocenters. The van der Waals surface area contributed by atoms with Crippen LogP contribution in [-0.2, 0) is 6.18 Å². The van der Waals surface area contributed by atoms with Crippen molar-refractivity contribution in [2.45, 2.75) is 19.0 Å². The van der Waals surface area contributed by atoms with Crippen LogP contribution in [0.4, 0.5) is 13.2 Å². The third kappa shape index (κ3) is 2.19. The third-order valence-corrected chi connectivity index (χ3v) is 2.55. The molecule has 6 heteroatoms. The third-order valence-electron chi connectivity index (χ3n) is 2.34. The number of alkyl halides is 3. The molecular formula is C10H7ClF3NO. The number of Topliss-reactive ketones (excluding diaryl/α,β-unsaturated/α-hetero) is 1. The van der Waals surface area contributed by atoms with Crippen molar-refractivity contribution in [2.75, 3.05) is 0 Å². The molecule has 0 aliphatic heterocycles. The van der Waals surface area contributed by atoms with Crippen LogP contribution in [0.5, 0.6) is 0 Å². The summed E-state index contributed by atoms with van der Waals surface area (Å²) in [5.74, 6) is -0.763. The van der Waals surface area contributed by atoms with Crippen molar-refractivity contribution in [1.29, 1.82) is 0 Å². The number of carbonyl (C=O) groups excluding carboxylic acids is 1. The van der Waals surface area contributed by atoms with Gasteiger partial charge in [-0.05, 0) is 25.0 Å².